The van der Waals surface area contributed by atoms with E-state index in [2.05, 4.69) is 0 Å². The van der Waals surface area contributed by atoms with Crippen molar-refractivity contribution in [3.8, 4) is 5.75 Å². The third kappa shape index (κ3) is 2.52. The highest BCUT2D eigenvalue weighted by Crippen LogP contribution is 2.37. The smallest absolute Gasteiger partial charge is 0.227 e. The van der Waals surface area contributed by atoms with Crippen LogP contribution in [0.25, 0.3) is 0 Å². The number of benzene rings is 1. The summed E-state index contributed by atoms with van der Waals surface area (Å²) in [7, 11) is 1.64. The van der Waals surface area contributed by atoms with Gasteiger partial charge in [-0.25, -0.2) is 0 Å². The van der Waals surface area contributed by atoms with Crippen molar-refractivity contribution in [1.29, 1.82) is 0 Å². The van der Waals surface area contributed by atoms with Crippen molar-refractivity contribution in [2.75, 3.05) is 20.2 Å². The van der Waals surface area contributed by atoms with Crippen LogP contribution in [-0.4, -0.2) is 37.0 Å². The average Bonchev–Trinajstić information content (AvgIpc) is 3.02. The van der Waals surface area contributed by atoms with Gasteiger partial charge in [-0.1, -0.05) is 12.1 Å². The summed E-state index contributed by atoms with van der Waals surface area (Å²) in [5, 5.41) is 0. The van der Waals surface area contributed by atoms with Crippen LogP contribution in [0.3, 0.4) is 0 Å². The normalized spacial score (nSPS) is 28.5. The molecule has 0 radical (unpaired) electrons. The lowest BCUT2D eigenvalue weighted by atomic mass is 9.98. The Morgan fingerprint density at radius 1 is 1.40 bits per heavy atom. The van der Waals surface area contributed by atoms with Crippen molar-refractivity contribution in [2.45, 2.75) is 25.3 Å². The minimum absolute atomic E-state index is 0.208. The first-order valence-corrected chi connectivity index (χ1v) is 7.33. The summed E-state index contributed by atoms with van der Waals surface area (Å²) in [6.07, 6.45) is 2.74. The summed E-state index contributed by atoms with van der Waals surface area (Å²) in [5.41, 5.74) is 7.13. The third-order valence-electron chi connectivity index (χ3n) is 4.75. The standard InChI is InChI=1S/C16H22N2O2/c1-20-13-4-2-3-11(7-13)8-16(19)18-9-12-5-6-15(17)14(12)10-18/h2-4,7,12,14-15H,5-6,8-10,17H2,1H3. The van der Waals surface area contributed by atoms with Crippen molar-refractivity contribution in [3.63, 3.8) is 0 Å². The van der Waals surface area contributed by atoms with E-state index in [0.29, 0.717) is 18.3 Å². The van der Waals surface area contributed by atoms with Crippen molar-refractivity contribution in [2.24, 2.45) is 17.6 Å². The molecule has 1 saturated heterocycles. The monoisotopic (exact) mass is 274 g/mol. The molecule has 4 nitrogen and oxygen atoms in total. The number of likely N-dealkylation sites (tertiary alicyclic amines) is 1. The summed E-state index contributed by atoms with van der Waals surface area (Å²) in [5.74, 6) is 2.15. The van der Waals surface area contributed by atoms with Crippen LogP contribution < -0.4 is 10.5 Å². The molecule has 1 aliphatic carbocycles. The van der Waals surface area contributed by atoms with E-state index < -0.39 is 0 Å². The lowest BCUT2D eigenvalue weighted by molar-refractivity contribution is -0.129. The maximum atomic E-state index is 12.4. The Morgan fingerprint density at radius 2 is 2.25 bits per heavy atom. The Balaban J connectivity index is 1.62. The fraction of sp³-hybridized carbons (Fsp3) is 0.562. The molecule has 1 heterocycles. The lowest BCUT2D eigenvalue weighted by Gasteiger charge is -2.19. The van der Waals surface area contributed by atoms with Crippen LogP contribution >= 0.6 is 0 Å². The van der Waals surface area contributed by atoms with Gasteiger partial charge in [0.25, 0.3) is 0 Å². The molecule has 20 heavy (non-hydrogen) atoms. The second-order valence-electron chi connectivity index (χ2n) is 5.99. The molecule has 108 valence electrons. The molecule has 1 aromatic rings. The van der Waals surface area contributed by atoms with Gasteiger partial charge in [0.15, 0.2) is 0 Å². The zero-order valence-electron chi connectivity index (χ0n) is 11.9. The van der Waals surface area contributed by atoms with E-state index in [-0.39, 0.29) is 11.9 Å². The molecule has 0 aromatic heterocycles. The largest absolute Gasteiger partial charge is 0.497 e. The molecular formula is C16H22N2O2. The highest BCUT2D eigenvalue weighted by molar-refractivity contribution is 5.79. The number of methoxy groups -OCH3 is 1. The van der Waals surface area contributed by atoms with Crippen LogP contribution in [0.2, 0.25) is 0 Å². The molecular weight excluding hydrogens is 252 g/mol. The zero-order valence-corrected chi connectivity index (χ0v) is 11.9. The summed E-state index contributed by atoms with van der Waals surface area (Å²) >= 11 is 0. The third-order valence-corrected chi connectivity index (χ3v) is 4.75. The number of rotatable bonds is 3. The number of nitrogens with zero attached hydrogens (tertiary/aromatic N) is 1. The average molecular weight is 274 g/mol. The molecule has 3 atom stereocenters. The second kappa shape index (κ2) is 5.44. The van der Waals surface area contributed by atoms with Gasteiger partial charge in [-0.15, -0.1) is 0 Å². The van der Waals surface area contributed by atoms with Gasteiger partial charge in [0.2, 0.25) is 5.91 Å². The number of fused-ring (bicyclic) bond motifs is 1. The predicted molar refractivity (Wildman–Crippen MR) is 77.5 cm³/mol. The first-order chi connectivity index (χ1) is 9.67. The Bertz CT molecular complexity index is 503. The van der Waals surface area contributed by atoms with E-state index in [1.807, 2.05) is 29.2 Å². The number of carbonyl (C=O) groups excluding carboxylic acids is 1. The van der Waals surface area contributed by atoms with Crippen molar-refractivity contribution >= 4 is 5.91 Å². The minimum atomic E-state index is 0.208. The first kappa shape index (κ1) is 13.4. The van der Waals surface area contributed by atoms with Crippen LogP contribution in [0.5, 0.6) is 5.75 Å². The molecule has 2 aliphatic rings. The molecule has 2 N–H and O–H groups in total. The number of hydrogen-bond donors (Lipinski definition) is 1. The second-order valence-corrected chi connectivity index (χ2v) is 5.99. The van der Waals surface area contributed by atoms with Gasteiger partial charge >= 0.3 is 0 Å². The molecule has 3 unspecified atom stereocenters. The van der Waals surface area contributed by atoms with Gasteiger partial charge < -0.3 is 15.4 Å². The number of amides is 1. The summed E-state index contributed by atoms with van der Waals surface area (Å²) in [6, 6.07) is 8.02. The van der Waals surface area contributed by atoms with Gasteiger partial charge in [0.1, 0.15) is 5.75 Å². The lowest BCUT2D eigenvalue weighted by Crippen LogP contribution is -2.34. The summed E-state index contributed by atoms with van der Waals surface area (Å²) < 4.78 is 5.20. The zero-order chi connectivity index (χ0) is 14.1. The topological polar surface area (TPSA) is 55.6 Å². The quantitative estimate of drug-likeness (QED) is 0.907. The van der Waals surface area contributed by atoms with E-state index in [1.54, 1.807) is 7.11 Å². The Morgan fingerprint density at radius 3 is 3.00 bits per heavy atom. The molecule has 1 amide bonds. The maximum Gasteiger partial charge on any atom is 0.227 e. The Hall–Kier alpha value is -1.55. The number of nitrogens with two attached hydrogens (primary N) is 1. The van der Waals surface area contributed by atoms with E-state index in [1.165, 1.54) is 6.42 Å². The maximum absolute atomic E-state index is 12.4. The molecule has 0 bridgehead atoms. The van der Waals surface area contributed by atoms with Crippen LogP contribution in [-0.2, 0) is 11.2 Å². The highest BCUT2D eigenvalue weighted by Gasteiger charge is 2.42. The van der Waals surface area contributed by atoms with Crippen LogP contribution in [0, 0.1) is 11.8 Å². The first-order valence-electron chi connectivity index (χ1n) is 7.33. The molecule has 1 aliphatic heterocycles. The molecule has 2 fully saturated rings. The molecule has 1 saturated carbocycles. The molecule has 1 aromatic carbocycles. The Kier molecular flexibility index (Phi) is 3.66. The van der Waals surface area contributed by atoms with Gasteiger partial charge in [0, 0.05) is 19.1 Å². The van der Waals surface area contributed by atoms with Gasteiger partial charge in [0.05, 0.1) is 13.5 Å². The summed E-state index contributed by atoms with van der Waals surface area (Å²) in [4.78, 5) is 14.4. The highest BCUT2D eigenvalue weighted by atomic mass is 16.5. The van der Waals surface area contributed by atoms with Gasteiger partial charge in [-0.3, -0.25) is 4.79 Å². The van der Waals surface area contributed by atoms with E-state index >= 15 is 0 Å². The van der Waals surface area contributed by atoms with Crippen LogP contribution in [0.4, 0.5) is 0 Å². The van der Waals surface area contributed by atoms with E-state index in [0.717, 1.165) is 30.8 Å². The van der Waals surface area contributed by atoms with E-state index in [4.69, 9.17) is 10.5 Å². The van der Waals surface area contributed by atoms with Crippen LogP contribution in [0.15, 0.2) is 24.3 Å². The van der Waals surface area contributed by atoms with Crippen molar-refractivity contribution in [3.05, 3.63) is 29.8 Å². The molecule has 4 heteroatoms. The number of hydrogen-bond acceptors (Lipinski definition) is 3. The minimum Gasteiger partial charge on any atom is -0.497 e. The fourth-order valence-electron chi connectivity index (χ4n) is 3.58. The fourth-order valence-corrected chi connectivity index (χ4v) is 3.58. The van der Waals surface area contributed by atoms with Gasteiger partial charge in [-0.05, 0) is 42.4 Å². The SMILES string of the molecule is COc1cccc(CC(=O)N2CC3CCC(N)C3C2)c1. The summed E-state index contributed by atoms with van der Waals surface area (Å²) in [6.45, 7) is 1.73. The van der Waals surface area contributed by atoms with Crippen molar-refractivity contribution < 1.29 is 9.53 Å². The molecule has 3 rings (SSSR count). The predicted octanol–water partition coefficient (Wildman–Crippen LogP) is 1.43. The van der Waals surface area contributed by atoms with Crippen LogP contribution in [0.1, 0.15) is 18.4 Å². The van der Waals surface area contributed by atoms with E-state index in [9.17, 15) is 4.79 Å². The number of ether oxygens (including phenoxy) is 1. The van der Waals surface area contributed by atoms with Gasteiger partial charge in [-0.2, -0.15) is 0 Å². The molecule has 0 spiro atoms. The number of carbonyl (C=O) groups is 1. The Labute approximate surface area is 119 Å². The van der Waals surface area contributed by atoms with Crippen molar-refractivity contribution in [1.82, 2.24) is 4.90 Å².